The minimum Gasteiger partial charge on any atom is -0.550 e. The summed E-state index contributed by atoms with van der Waals surface area (Å²) in [7, 11) is 0. The largest absolute Gasteiger partial charge is 0.550 e. The van der Waals surface area contributed by atoms with Gasteiger partial charge in [0.1, 0.15) is 5.60 Å². The average molecular weight is 459 g/mol. The molecular weight excluding hydrogens is 422 g/mol. The number of nitrogens with zero attached hydrogens (tertiary/aromatic N) is 1. The Hall–Kier alpha value is -2.20. The molecule has 1 radical (unpaired) electrons. The van der Waals surface area contributed by atoms with Gasteiger partial charge >= 0.3 is 0 Å². The van der Waals surface area contributed by atoms with Gasteiger partial charge in [0.05, 0.1) is 5.97 Å². The van der Waals surface area contributed by atoms with Crippen molar-refractivity contribution in [2.45, 2.75) is 77.7 Å². The maximum atomic E-state index is 10.7. The number of hydrogen-bond donors (Lipinski definition) is 1. The number of carboxylic acids is 4. The van der Waals surface area contributed by atoms with E-state index in [1.165, 1.54) is 19.3 Å². The van der Waals surface area contributed by atoms with Crippen LogP contribution in [-0.4, -0.2) is 59.1 Å². The molecule has 187 valence electrons. The van der Waals surface area contributed by atoms with Gasteiger partial charge in [0.15, 0.2) is 0 Å². The fourth-order valence-corrected chi connectivity index (χ4v) is 3.45. The van der Waals surface area contributed by atoms with E-state index in [9.17, 15) is 39.6 Å². The fraction of sp³-hybridized carbons (Fsp3) is 0.773. The second kappa shape index (κ2) is 17.4. The molecule has 0 heterocycles. The molecule has 0 aromatic carbocycles. The minimum atomic E-state index is -2.97. The molecule has 1 unspecified atom stereocenters. The van der Waals surface area contributed by atoms with Gasteiger partial charge in [-0.2, -0.15) is 0 Å². The van der Waals surface area contributed by atoms with E-state index < -0.39 is 42.3 Å². The predicted octanol–water partition coefficient (Wildman–Crippen LogP) is -2.75. The van der Waals surface area contributed by atoms with Crippen molar-refractivity contribution in [3.63, 3.8) is 0 Å². The Kier molecular flexibility index (Phi) is 17.4. The SMILES string of the molecule is CCC(C(=O)[O-])C1CCCCC1.O=C([O-])CC(O)(CC(=O)[O-])C(=O)[O-].[CH2]CN(CC)CC. The van der Waals surface area contributed by atoms with E-state index in [1.807, 2.05) is 6.92 Å². The van der Waals surface area contributed by atoms with Crippen molar-refractivity contribution in [2.75, 3.05) is 19.6 Å². The minimum absolute atomic E-state index is 0.190. The van der Waals surface area contributed by atoms with Gasteiger partial charge in [-0.05, 0) is 51.7 Å². The normalized spacial score (nSPS) is 14.9. The third-order valence-corrected chi connectivity index (χ3v) is 5.43. The fourth-order valence-electron chi connectivity index (χ4n) is 3.45. The third-order valence-electron chi connectivity index (χ3n) is 5.43. The lowest BCUT2D eigenvalue weighted by Gasteiger charge is -2.30. The Labute approximate surface area is 190 Å². The average Bonchev–Trinajstić information content (AvgIpc) is 2.70. The van der Waals surface area contributed by atoms with Gasteiger partial charge in [-0.3, -0.25) is 0 Å². The molecule has 0 aromatic rings. The Balaban J connectivity index is 0. The highest BCUT2D eigenvalue weighted by molar-refractivity contribution is 5.86. The Morgan fingerprint density at radius 3 is 1.59 bits per heavy atom. The molecule has 1 rings (SSSR count). The molecule has 0 bridgehead atoms. The zero-order valence-corrected chi connectivity index (χ0v) is 19.3. The molecule has 1 aliphatic carbocycles. The standard InChI is InChI=1S/C10H18O2.C6H14N.C6H8O7/c1-2-9(10(11)12)8-6-4-3-5-7-8;1-4-7(5-2)6-3;7-3(8)1-6(13,5(11)12)2-4(9)10/h8-9H,2-7H2,1H3,(H,11,12);1,4-6H2,2-3H3;13H,1-2H2,(H,7,8)(H,9,10)(H,11,12)/p-4. The van der Waals surface area contributed by atoms with Gasteiger partial charge in [-0.25, -0.2) is 0 Å². The van der Waals surface area contributed by atoms with Gasteiger partial charge in [0.2, 0.25) is 0 Å². The molecule has 10 heteroatoms. The van der Waals surface area contributed by atoms with Crippen LogP contribution in [0.3, 0.4) is 0 Å². The van der Waals surface area contributed by atoms with Gasteiger partial charge in [-0.1, -0.05) is 40.0 Å². The number of aliphatic carboxylic acids is 4. The van der Waals surface area contributed by atoms with Crippen LogP contribution in [0, 0.1) is 18.8 Å². The summed E-state index contributed by atoms with van der Waals surface area (Å²) in [6.45, 7) is 13.2. The van der Waals surface area contributed by atoms with E-state index >= 15 is 0 Å². The van der Waals surface area contributed by atoms with Crippen LogP contribution < -0.4 is 20.4 Å². The van der Waals surface area contributed by atoms with E-state index in [-0.39, 0.29) is 5.92 Å². The molecule has 0 spiro atoms. The first kappa shape index (κ1) is 32.0. The van der Waals surface area contributed by atoms with Gasteiger partial charge < -0.3 is 49.6 Å². The summed E-state index contributed by atoms with van der Waals surface area (Å²) in [5.74, 6) is -6.62. The monoisotopic (exact) mass is 458 g/mol. The predicted molar refractivity (Wildman–Crippen MR) is 108 cm³/mol. The van der Waals surface area contributed by atoms with E-state index in [4.69, 9.17) is 5.11 Å². The molecule has 1 N–H and O–H groups in total. The van der Waals surface area contributed by atoms with Crippen LogP contribution in [0.5, 0.6) is 0 Å². The van der Waals surface area contributed by atoms with E-state index in [1.54, 1.807) is 0 Å². The number of aliphatic hydroxyl groups is 1. The number of rotatable bonds is 11. The summed E-state index contributed by atoms with van der Waals surface area (Å²) in [5.41, 5.74) is -2.97. The number of carbonyl (C=O) groups is 4. The summed E-state index contributed by atoms with van der Waals surface area (Å²) < 4.78 is 0. The molecule has 10 nitrogen and oxygen atoms in total. The van der Waals surface area contributed by atoms with Gasteiger partial charge in [0, 0.05) is 36.7 Å². The van der Waals surface area contributed by atoms with Gasteiger partial charge in [0.25, 0.3) is 0 Å². The molecule has 0 saturated heterocycles. The molecule has 1 aliphatic rings. The van der Waals surface area contributed by atoms with E-state index in [0.29, 0.717) is 5.92 Å². The number of carboxylic acid groups (broad SMARTS) is 4. The second-order valence-electron chi connectivity index (χ2n) is 7.68. The zero-order valence-electron chi connectivity index (χ0n) is 19.3. The lowest BCUT2D eigenvalue weighted by Crippen LogP contribution is -2.54. The van der Waals surface area contributed by atoms with Crippen molar-refractivity contribution in [1.29, 1.82) is 0 Å². The van der Waals surface area contributed by atoms with Crippen LogP contribution in [0.2, 0.25) is 0 Å². The second-order valence-corrected chi connectivity index (χ2v) is 7.68. The molecular formula is C22H36NO9-4. The first-order chi connectivity index (χ1) is 14.9. The highest BCUT2D eigenvalue weighted by Crippen LogP contribution is 2.31. The summed E-state index contributed by atoms with van der Waals surface area (Å²) in [6, 6.07) is 0. The number of carbonyl (C=O) groups excluding carboxylic acids is 4. The van der Waals surface area contributed by atoms with Crippen molar-refractivity contribution >= 4 is 23.9 Å². The van der Waals surface area contributed by atoms with Crippen LogP contribution >= 0.6 is 0 Å². The molecule has 32 heavy (non-hydrogen) atoms. The zero-order chi connectivity index (χ0) is 25.3. The summed E-state index contributed by atoms with van der Waals surface area (Å²) >= 11 is 0. The Bertz CT molecular complexity index is 548. The Morgan fingerprint density at radius 1 is 0.938 bits per heavy atom. The van der Waals surface area contributed by atoms with Crippen molar-refractivity contribution in [1.82, 2.24) is 4.90 Å². The molecule has 1 atom stereocenters. The number of hydrogen-bond acceptors (Lipinski definition) is 10. The van der Waals surface area contributed by atoms with Crippen molar-refractivity contribution < 1.29 is 44.7 Å². The topological polar surface area (TPSA) is 184 Å². The van der Waals surface area contributed by atoms with Crippen LogP contribution in [0.4, 0.5) is 0 Å². The molecule has 0 aliphatic heterocycles. The van der Waals surface area contributed by atoms with Crippen LogP contribution in [0.25, 0.3) is 0 Å². The highest BCUT2D eigenvalue weighted by Gasteiger charge is 2.29. The quantitative estimate of drug-likeness (QED) is 0.340. The van der Waals surface area contributed by atoms with Crippen LogP contribution in [0.15, 0.2) is 0 Å². The third kappa shape index (κ3) is 14.0. The first-order valence-corrected chi connectivity index (χ1v) is 10.9. The van der Waals surface area contributed by atoms with Crippen LogP contribution in [0.1, 0.15) is 72.1 Å². The van der Waals surface area contributed by atoms with Crippen molar-refractivity contribution in [3.8, 4) is 0 Å². The summed E-state index contributed by atoms with van der Waals surface area (Å²) in [5, 5.41) is 49.6. The summed E-state index contributed by atoms with van der Waals surface area (Å²) in [6.07, 6.45) is 3.88. The van der Waals surface area contributed by atoms with Crippen molar-refractivity contribution in [3.05, 3.63) is 6.92 Å². The lowest BCUT2D eigenvalue weighted by atomic mass is 9.79. The molecule has 1 saturated carbocycles. The van der Waals surface area contributed by atoms with Crippen molar-refractivity contribution in [2.24, 2.45) is 11.8 Å². The smallest absolute Gasteiger partial charge is 0.114 e. The van der Waals surface area contributed by atoms with Gasteiger partial charge in [-0.15, -0.1) is 0 Å². The molecule has 0 amide bonds. The van der Waals surface area contributed by atoms with E-state index in [0.717, 1.165) is 38.9 Å². The molecule has 1 fully saturated rings. The van der Waals surface area contributed by atoms with Crippen LogP contribution in [-0.2, 0) is 19.2 Å². The maximum absolute atomic E-state index is 10.7. The Morgan fingerprint density at radius 2 is 1.38 bits per heavy atom. The highest BCUT2D eigenvalue weighted by atomic mass is 16.4. The first-order valence-electron chi connectivity index (χ1n) is 10.9. The van der Waals surface area contributed by atoms with E-state index in [2.05, 4.69) is 25.7 Å². The maximum Gasteiger partial charge on any atom is 0.114 e. The lowest BCUT2D eigenvalue weighted by molar-refractivity contribution is -0.339. The summed E-state index contributed by atoms with van der Waals surface area (Å²) in [4.78, 5) is 43.0. The molecule has 0 aromatic heterocycles.